The molecule has 0 saturated carbocycles. The van der Waals surface area contributed by atoms with E-state index < -0.39 is 27.9 Å². The Morgan fingerprint density at radius 3 is 2.38 bits per heavy atom. The zero-order chi connectivity index (χ0) is 24.9. The van der Waals surface area contributed by atoms with Crippen LogP contribution in [0.2, 0.25) is 0 Å². The summed E-state index contributed by atoms with van der Waals surface area (Å²) in [4.78, 5) is 26.5. The Hall–Kier alpha value is -3.24. The van der Waals surface area contributed by atoms with Gasteiger partial charge in [0.25, 0.3) is 5.91 Å². The number of carbonyl (C=O) groups excluding carboxylic acids is 2. The molecule has 1 unspecified atom stereocenters. The maximum Gasteiger partial charge on any atom is 0.251 e. The molecule has 0 fully saturated rings. The molecule has 1 aromatic heterocycles. The summed E-state index contributed by atoms with van der Waals surface area (Å²) in [7, 11) is 0.327. The average molecular weight is 489 g/mol. The number of halogens is 1. The molecule has 0 aliphatic heterocycles. The van der Waals surface area contributed by atoms with Crippen LogP contribution in [0, 0.1) is 12.7 Å². The normalized spacial score (nSPS) is 12.8. The topological polar surface area (TPSA) is 106 Å². The van der Waals surface area contributed by atoms with Gasteiger partial charge in [0.2, 0.25) is 17.7 Å². The van der Waals surface area contributed by atoms with Crippen LogP contribution in [-0.2, 0) is 27.4 Å². The fourth-order valence-corrected chi connectivity index (χ4v) is 4.44. The number of nitrogens with zero attached hydrogens (tertiary/aromatic N) is 2. The SMILES string of the molecule is COCc1ccc(C(NC(=O)Cc2nnc(C)o2)C(=O)Nc2ccc(S(C)(C)C)c(F)c2)cc1. The lowest BCUT2D eigenvalue weighted by Gasteiger charge is -2.26. The second-order valence-corrected chi connectivity index (χ2v) is 12.7. The van der Waals surface area contributed by atoms with Crippen LogP contribution in [0.15, 0.2) is 51.8 Å². The minimum atomic E-state index is -1.27. The quantitative estimate of drug-likeness (QED) is 0.475. The Morgan fingerprint density at radius 2 is 1.82 bits per heavy atom. The molecule has 34 heavy (non-hydrogen) atoms. The van der Waals surface area contributed by atoms with Gasteiger partial charge >= 0.3 is 0 Å². The van der Waals surface area contributed by atoms with Crippen molar-refractivity contribution in [3.05, 3.63) is 71.2 Å². The number of nitrogens with one attached hydrogen (secondary N) is 2. The molecule has 1 atom stereocenters. The number of hydrogen-bond acceptors (Lipinski definition) is 6. The van der Waals surface area contributed by atoms with Gasteiger partial charge in [0.05, 0.1) is 6.61 Å². The smallest absolute Gasteiger partial charge is 0.251 e. The molecule has 1 heterocycles. The van der Waals surface area contributed by atoms with E-state index in [1.54, 1.807) is 38.3 Å². The van der Waals surface area contributed by atoms with Crippen molar-refractivity contribution in [1.29, 1.82) is 0 Å². The van der Waals surface area contributed by atoms with Gasteiger partial charge in [-0.15, -0.1) is 10.2 Å². The van der Waals surface area contributed by atoms with Crippen LogP contribution in [0.1, 0.15) is 29.0 Å². The highest BCUT2D eigenvalue weighted by atomic mass is 32.3. The van der Waals surface area contributed by atoms with Crippen LogP contribution >= 0.6 is 10.0 Å². The summed E-state index contributed by atoms with van der Waals surface area (Å²) in [6, 6.07) is 10.7. The van der Waals surface area contributed by atoms with Crippen LogP contribution in [-0.4, -0.2) is 47.9 Å². The van der Waals surface area contributed by atoms with Gasteiger partial charge in [-0.05, 0) is 48.1 Å². The largest absolute Gasteiger partial charge is 0.425 e. The van der Waals surface area contributed by atoms with Gasteiger partial charge in [-0.3, -0.25) is 9.59 Å². The first-order valence-electron chi connectivity index (χ1n) is 10.5. The third-order valence-corrected chi connectivity index (χ3v) is 6.58. The van der Waals surface area contributed by atoms with Crippen molar-refractivity contribution < 1.29 is 23.1 Å². The van der Waals surface area contributed by atoms with Crippen molar-refractivity contribution in [3.8, 4) is 0 Å². The minimum Gasteiger partial charge on any atom is -0.425 e. The molecular weight excluding hydrogens is 459 g/mol. The van der Waals surface area contributed by atoms with Gasteiger partial charge in [0.15, 0.2) is 0 Å². The number of benzene rings is 2. The molecule has 0 bridgehead atoms. The molecule has 182 valence electrons. The summed E-state index contributed by atoms with van der Waals surface area (Å²) in [5.74, 6) is -0.871. The highest BCUT2D eigenvalue weighted by Crippen LogP contribution is 2.46. The monoisotopic (exact) mass is 488 g/mol. The van der Waals surface area contributed by atoms with Crippen LogP contribution in [0.5, 0.6) is 0 Å². The summed E-state index contributed by atoms with van der Waals surface area (Å²) in [6.45, 7) is 2.04. The Morgan fingerprint density at radius 1 is 1.12 bits per heavy atom. The number of ether oxygens (including phenoxy) is 1. The number of amides is 2. The fraction of sp³-hybridized carbons (Fsp3) is 0.333. The molecule has 0 radical (unpaired) electrons. The van der Waals surface area contributed by atoms with E-state index in [0.29, 0.717) is 28.6 Å². The van der Waals surface area contributed by atoms with Crippen LogP contribution in [0.3, 0.4) is 0 Å². The average Bonchev–Trinajstić information content (AvgIpc) is 3.16. The number of aryl methyl sites for hydroxylation is 1. The van der Waals surface area contributed by atoms with E-state index >= 15 is 0 Å². The Balaban J connectivity index is 1.82. The van der Waals surface area contributed by atoms with E-state index in [4.69, 9.17) is 9.15 Å². The van der Waals surface area contributed by atoms with Gasteiger partial charge < -0.3 is 19.8 Å². The van der Waals surface area contributed by atoms with E-state index in [1.165, 1.54) is 6.07 Å². The number of hydrogen-bond donors (Lipinski definition) is 2. The predicted octanol–water partition coefficient (Wildman–Crippen LogP) is 3.76. The first-order valence-corrected chi connectivity index (χ1v) is 13.4. The molecule has 2 N–H and O–H groups in total. The molecule has 0 aliphatic carbocycles. The molecule has 3 rings (SSSR count). The third-order valence-electron chi connectivity index (χ3n) is 4.93. The lowest BCUT2D eigenvalue weighted by molar-refractivity contribution is -0.126. The van der Waals surface area contributed by atoms with Crippen LogP contribution < -0.4 is 10.6 Å². The van der Waals surface area contributed by atoms with Crippen molar-refractivity contribution in [2.45, 2.75) is 30.9 Å². The number of rotatable bonds is 9. The standard InChI is InChI=1S/C24H29FN4O4S/c1-15-28-29-22(33-15)13-21(30)27-23(17-8-6-16(7-9-17)14-32-2)24(31)26-18-10-11-20(19(25)12-18)34(3,4)5/h6-12,23H,13-14H2,1-5H3,(H,26,31)(H,27,30). The highest BCUT2D eigenvalue weighted by molar-refractivity contribution is 8.32. The van der Waals surface area contributed by atoms with Gasteiger partial charge in [-0.2, -0.15) is 0 Å². The predicted molar refractivity (Wildman–Crippen MR) is 129 cm³/mol. The fourth-order valence-electron chi connectivity index (χ4n) is 3.32. The maximum atomic E-state index is 14.7. The van der Waals surface area contributed by atoms with E-state index in [2.05, 4.69) is 20.8 Å². The minimum absolute atomic E-state index is 0.145. The van der Waals surface area contributed by atoms with Crippen molar-refractivity contribution in [1.82, 2.24) is 15.5 Å². The molecule has 2 aromatic carbocycles. The molecule has 0 aliphatic rings. The molecule has 0 spiro atoms. The first-order chi connectivity index (χ1) is 16.1. The van der Waals surface area contributed by atoms with Crippen LogP contribution in [0.25, 0.3) is 0 Å². The molecular formula is C24H29FN4O4S. The summed E-state index contributed by atoms with van der Waals surface area (Å²) in [5.41, 5.74) is 1.78. The highest BCUT2D eigenvalue weighted by Gasteiger charge is 2.25. The van der Waals surface area contributed by atoms with E-state index in [1.807, 2.05) is 30.9 Å². The van der Waals surface area contributed by atoms with Gasteiger partial charge in [-0.1, -0.05) is 24.3 Å². The molecule has 0 saturated heterocycles. The van der Waals surface area contributed by atoms with Gasteiger partial charge in [0, 0.05) is 24.6 Å². The Kier molecular flexibility index (Phi) is 8.06. The second-order valence-electron chi connectivity index (χ2n) is 8.54. The Labute approximate surface area is 199 Å². The van der Waals surface area contributed by atoms with Gasteiger partial charge in [-0.25, -0.2) is 14.4 Å². The number of carbonyl (C=O) groups is 2. The summed E-state index contributed by atoms with van der Waals surface area (Å²) in [5, 5.41) is 12.9. The van der Waals surface area contributed by atoms with Crippen molar-refractivity contribution in [3.63, 3.8) is 0 Å². The zero-order valence-corrected chi connectivity index (χ0v) is 20.7. The third kappa shape index (κ3) is 6.64. The lowest BCUT2D eigenvalue weighted by Crippen LogP contribution is -2.37. The molecule has 2 amide bonds. The lowest BCUT2D eigenvalue weighted by atomic mass is 10.0. The van der Waals surface area contributed by atoms with Crippen molar-refractivity contribution in [2.75, 3.05) is 31.2 Å². The number of anilines is 1. The van der Waals surface area contributed by atoms with Gasteiger partial charge in [0.1, 0.15) is 18.3 Å². The van der Waals surface area contributed by atoms with Crippen molar-refractivity contribution >= 4 is 27.5 Å². The van der Waals surface area contributed by atoms with Crippen LogP contribution in [0.4, 0.5) is 10.1 Å². The zero-order valence-electron chi connectivity index (χ0n) is 19.8. The van der Waals surface area contributed by atoms with E-state index in [9.17, 15) is 14.0 Å². The maximum absolute atomic E-state index is 14.7. The number of methoxy groups -OCH3 is 1. The van der Waals surface area contributed by atoms with Crippen molar-refractivity contribution in [2.24, 2.45) is 0 Å². The second kappa shape index (κ2) is 10.8. The molecule has 8 nitrogen and oxygen atoms in total. The molecule has 10 heteroatoms. The van der Waals surface area contributed by atoms with E-state index in [-0.39, 0.29) is 18.1 Å². The summed E-state index contributed by atoms with van der Waals surface area (Å²) >= 11 is 0. The summed E-state index contributed by atoms with van der Waals surface area (Å²) in [6.07, 6.45) is 5.80. The molecule has 3 aromatic rings. The van der Waals surface area contributed by atoms with E-state index in [0.717, 1.165) is 5.56 Å². The number of aromatic nitrogens is 2. The summed E-state index contributed by atoms with van der Waals surface area (Å²) < 4.78 is 25.0. The Bertz CT molecular complexity index is 1160. The first kappa shape index (κ1) is 25.4.